The maximum Gasteiger partial charge on any atom is 0.166 e. The second kappa shape index (κ2) is 11.6. The van der Waals surface area contributed by atoms with E-state index in [4.69, 9.17) is 31.4 Å². The molecule has 0 unspecified atom stereocenters. The fraction of sp³-hybridized carbons (Fsp3) is 0. The minimum atomic E-state index is -0.447. The van der Waals surface area contributed by atoms with Gasteiger partial charge in [0.25, 0.3) is 0 Å². The average Bonchev–Trinajstić information content (AvgIpc) is 3.86. The predicted molar refractivity (Wildman–Crippen MR) is 209 cm³/mol. The highest BCUT2D eigenvalue weighted by Gasteiger charge is 2.19. The van der Waals surface area contributed by atoms with E-state index in [1.807, 2.05) is 54.6 Å². The van der Waals surface area contributed by atoms with E-state index in [-0.39, 0.29) is 109 Å². The van der Waals surface area contributed by atoms with E-state index in [0.717, 1.165) is 11.3 Å². The number of para-hydroxylation sites is 3. The summed E-state index contributed by atoms with van der Waals surface area (Å²) in [6.45, 7) is 0. The van der Waals surface area contributed by atoms with Gasteiger partial charge in [-0.25, -0.2) is 15.0 Å². The van der Waals surface area contributed by atoms with Gasteiger partial charge >= 0.3 is 0 Å². The second-order valence-electron chi connectivity index (χ2n) is 11.5. The van der Waals surface area contributed by atoms with E-state index in [1.54, 1.807) is 34.9 Å². The molecule has 0 aliphatic carbocycles. The van der Waals surface area contributed by atoms with Gasteiger partial charge in [-0.05, 0) is 47.5 Å². The molecule has 0 saturated carbocycles. The maximum atomic E-state index is 9.09. The Kier molecular flexibility index (Phi) is 4.40. The summed E-state index contributed by atoms with van der Waals surface area (Å²) in [7, 11) is 0. The van der Waals surface area contributed by atoms with Gasteiger partial charge in [-0.3, -0.25) is 0 Å². The lowest BCUT2D eigenvalue weighted by Gasteiger charge is -2.14. The smallest absolute Gasteiger partial charge is 0.166 e. The third-order valence-corrected chi connectivity index (χ3v) is 9.73. The molecule has 50 heavy (non-hydrogen) atoms. The summed E-state index contributed by atoms with van der Waals surface area (Å²) in [6, 6.07) is 25.2. The number of hydrogen-bond acceptors (Lipinski definition) is 4. The summed E-state index contributed by atoms with van der Waals surface area (Å²) in [5.41, 5.74) is 3.73. The molecule has 0 fully saturated rings. The molecule has 0 aliphatic rings. The topological polar surface area (TPSA) is 43.6 Å². The van der Waals surface area contributed by atoms with E-state index in [2.05, 4.69) is 0 Å². The lowest BCUT2D eigenvalue weighted by molar-refractivity contribution is 1.06. The van der Waals surface area contributed by atoms with Crippen molar-refractivity contribution in [3.63, 3.8) is 0 Å². The molecule has 3 heterocycles. The number of hydrogen-bond donors (Lipinski definition) is 0. The Bertz CT molecular complexity index is 3570. The zero-order chi connectivity index (χ0) is 43.5. The summed E-state index contributed by atoms with van der Waals surface area (Å²) in [5.74, 6) is 0.818. The highest BCUT2D eigenvalue weighted by atomic mass is 32.1. The second-order valence-corrected chi connectivity index (χ2v) is 12.5. The molecule has 0 bridgehead atoms. The van der Waals surface area contributed by atoms with E-state index >= 15 is 0 Å². The number of aromatic nitrogens is 4. The lowest BCUT2D eigenvalue weighted by atomic mass is 10.0. The Labute approximate surface area is 309 Å². The summed E-state index contributed by atoms with van der Waals surface area (Å²) >= 11 is 1.06. The number of thiophene rings is 1. The van der Waals surface area contributed by atoms with Crippen molar-refractivity contribution >= 4 is 53.3 Å². The van der Waals surface area contributed by atoms with Crippen LogP contribution in [-0.4, -0.2) is 19.5 Å². The van der Waals surface area contributed by atoms with Crippen molar-refractivity contribution in [3.8, 4) is 51.0 Å². The fourth-order valence-corrected chi connectivity index (χ4v) is 7.46. The molecule has 0 spiro atoms. The van der Waals surface area contributed by atoms with Crippen molar-refractivity contribution in [2.75, 3.05) is 0 Å². The van der Waals surface area contributed by atoms with Gasteiger partial charge in [0.2, 0.25) is 0 Å². The molecule has 3 aromatic heterocycles. The monoisotopic (exact) mass is 668 g/mol. The Morgan fingerprint density at radius 1 is 0.460 bits per heavy atom. The normalized spacial score (nSPS) is 15.0. The quantitative estimate of drug-likeness (QED) is 0.183. The molecular weight excluding hydrogens is 629 g/mol. The van der Waals surface area contributed by atoms with Gasteiger partial charge < -0.3 is 4.57 Å². The van der Waals surface area contributed by atoms with E-state index in [1.165, 1.54) is 12.1 Å². The predicted octanol–water partition coefficient (Wildman–Crippen LogP) is 12.0. The third-order valence-electron chi connectivity index (χ3n) is 8.61. The van der Waals surface area contributed by atoms with Gasteiger partial charge in [0.15, 0.2) is 17.5 Å². The largest absolute Gasteiger partial charge is 0.309 e. The molecule has 234 valence electrons. The van der Waals surface area contributed by atoms with Crippen LogP contribution in [0.1, 0.15) is 16.4 Å². The Morgan fingerprint density at radius 3 is 2.08 bits per heavy atom. The van der Waals surface area contributed by atoms with Gasteiger partial charge in [0.05, 0.1) is 33.2 Å². The molecule has 10 rings (SSSR count). The lowest BCUT2D eigenvalue weighted by Crippen LogP contribution is -2.03. The molecule has 4 nitrogen and oxygen atoms in total. The molecule has 0 radical (unpaired) electrons. The molecule has 0 atom stereocenters. The zero-order valence-corrected chi connectivity index (χ0v) is 26.8. The Morgan fingerprint density at radius 2 is 1.16 bits per heavy atom. The first-order valence-electron chi connectivity index (χ1n) is 21.7. The molecule has 7 aromatic carbocycles. The summed E-state index contributed by atoms with van der Waals surface area (Å²) in [6.07, 6.45) is 0. The van der Waals surface area contributed by atoms with Crippen LogP contribution in [0.25, 0.3) is 93.0 Å². The molecule has 0 aliphatic heterocycles. The van der Waals surface area contributed by atoms with Crippen molar-refractivity contribution < 1.29 is 16.4 Å². The summed E-state index contributed by atoms with van der Waals surface area (Å²) < 4.78 is 107. The van der Waals surface area contributed by atoms with Crippen LogP contribution in [0.5, 0.6) is 0 Å². The number of nitrogens with zero attached hydrogens (tertiary/aromatic N) is 4. The minimum Gasteiger partial charge on any atom is -0.309 e. The van der Waals surface area contributed by atoms with Crippen LogP contribution in [0.2, 0.25) is 0 Å². The van der Waals surface area contributed by atoms with Crippen LogP contribution >= 0.6 is 11.3 Å². The number of rotatable bonds is 5. The molecular formula is C45H28N4S. The highest BCUT2D eigenvalue weighted by Crippen LogP contribution is 2.41. The SMILES string of the molecule is [2H]c1ccc2c(c1[2H])c1c([2H])c([2H])cc([2H])c1n2-c1ccccc1-c1nc(-c2ccccc2)nc(-c2cccc(-c3c([2H])c([2H])c([2H])c4c3sc3c([2H])c([2H])c([2H])c([2H])c34)c2)n1. The van der Waals surface area contributed by atoms with Crippen LogP contribution in [0, 0.1) is 0 Å². The first-order chi connectivity index (χ1) is 29.8. The minimum absolute atomic E-state index is 0.0370. The van der Waals surface area contributed by atoms with Crippen molar-refractivity contribution in [3.05, 3.63) is 170 Å². The molecule has 0 N–H and O–H groups in total. The molecule has 0 amide bonds. The van der Waals surface area contributed by atoms with Crippen LogP contribution in [-0.2, 0) is 0 Å². The third kappa shape index (κ3) is 4.63. The Hall–Kier alpha value is -6.43. The molecule has 5 heteroatoms. The van der Waals surface area contributed by atoms with Gasteiger partial charge in [-0.2, -0.15) is 0 Å². The number of benzene rings is 7. The van der Waals surface area contributed by atoms with Crippen LogP contribution in [0.4, 0.5) is 0 Å². The highest BCUT2D eigenvalue weighted by molar-refractivity contribution is 7.26. The summed E-state index contributed by atoms with van der Waals surface area (Å²) in [5, 5.41) is 0.817. The van der Waals surface area contributed by atoms with Gasteiger partial charge in [0.1, 0.15) is 0 Å². The van der Waals surface area contributed by atoms with Crippen molar-refractivity contribution in [2.24, 2.45) is 0 Å². The van der Waals surface area contributed by atoms with Crippen LogP contribution < -0.4 is 0 Å². The van der Waals surface area contributed by atoms with Crippen molar-refractivity contribution in [1.29, 1.82) is 0 Å². The standard InChI is InChI=1S/C45H28N4S/c1-2-14-29(15-3-1)43-46-44(31-17-12-16-30(28-31)32-22-13-23-36-35-20-7-11-27-41(35)50-42(32)36)48-45(47-43)37-21-6-10-26-40(37)49-38-24-8-4-18-33(38)34-19-5-9-25-39(34)49/h1-28H/i4D,5D,7D,11D,13D,18D,19D,20D,22D,23D,24D,27D. The van der Waals surface area contributed by atoms with E-state index in [0.29, 0.717) is 44.0 Å². The van der Waals surface area contributed by atoms with Crippen molar-refractivity contribution in [1.82, 2.24) is 19.5 Å². The molecule has 0 saturated heterocycles. The maximum absolute atomic E-state index is 9.09. The first-order valence-corrected chi connectivity index (χ1v) is 16.5. The average molecular weight is 669 g/mol. The number of fused-ring (bicyclic) bond motifs is 6. The van der Waals surface area contributed by atoms with E-state index in [9.17, 15) is 0 Å². The van der Waals surface area contributed by atoms with Crippen LogP contribution in [0.15, 0.2) is 170 Å². The van der Waals surface area contributed by atoms with Gasteiger partial charge in [0, 0.05) is 47.6 Å². The van der Waals surface area contributed by atoms with E-state index < -0.39 is 12.1 Å². The summed E-state index contributed by atoms with van der Waals surface area (Å²) in [4.78, 5) is 14.9. The van der Waals surface area contributed by atoms with Gasteiger partial charge in [-0.15, -0.1) is 11.3 Å². The van der Waals surface area contributed by atoms with Gasteiger partial charge in [-0.1, -0.05) is 133 Å². The van der Waals surface area contributed by atoms with Crippen LogP contribution in [0.3, 0.4) is 0 Å². The fourth-order valence-electron chi connectivity index (χ4n) is 6.38. The Balaban J connectivity index is 1.23. The molecule has 10 aromatic rings. The first kappa shape index (κ1) is 18.9. The zero-order valence-electron chi connectivity index (χ0n) is 37.9. The van der Waals surface area contributed by atoms with Crippen molar-refractivity contribution in [2.45, 2.75) is 0 Å².